The Balaban J connectivity index is 1.24. The van der Waals surface area contributed by atoms with Gasteiger partial charge in [0.05, 0.1) is 6.10 Å². The molecule has 178 valence electrons. The van der Waals surface area contributed by atoms with E-state index in [2.05, 4.69) is 52.3 Å². The molecule has 0 aliphatic carbocycles. The Morgan fingerprint density at radius 3 is 2.12 bits per heavy atom. The largest absolute Gasteiger partial charge is 0.388 e. The van der Waals surface area contributed by atoms with Gasteiger partial charge in [-0.15, -0.1) is 0 Å². The molecule has 0 aromatic heterocycles. The Labute approximate surface area is 202 Å². The van der Waals surface area contributed by atoms with E-state index in [4.69, 9.17) is 0 Å². The summed E-state index contributed by atoms with van der Waals surface area (Å²) in [6.07, 6.45) is 1.78. The lowest BCUT2D eigenvalue weighted by atomic mass is 9.85. The predicted molar refractivity (Wildman–Crippen MR) is 135 cm³/mol. The fraction of sp³-hybridized carbons (Fsp3) is 0.400. The first kappa shape index (κ1) is 23.2. The fourth-order valence-corrected chi connectivity index (χ4v) is 5.92. The summed E-state index contributed by atoms with van der Waals surface area (Å²) in [5.74, 6) is 1.01. The monoisotopic (exact) mass is 458 g/mol. The highest BCUT2D eigenvalue weighted by Gasteiger charge is 2.39. The van der Waals surface area contributed by atoms with Gasteiger partial charge in [0.1, 0.15) is 5.82 Å². The van der Waals surface area contributed by atoms with Crippen LogP contribution >= 0.6 is 0 Å². The maximum absolute atomic E-state index is 13.3. The minimum Gasteiger partial charge on any atom is -0.388 e. The molecule has 2 saturated heterocycles. The van der Waals surface area contributed by atoms with Gasteiger partial charge < -0.3 is 10.0 Å². The number of halogens is 1. The molecule has 2 aliphatic heterocycles. The third kappa shape index (κ3) is 5.57. The normalized spacial score (nSPS) is 23.2. The van der Waals surface area contributed by atoms with Gasteiger partial charge in [-0.2, -0.15) is 0 Å². The van der Waals surface area contributed by atoms with Crippen LogP contribution in [0.15, 0.2) is 84.9 Å². The Morgan fingerprint density at radius 1 is 0.794 bits per heavy atom. The zero-order valence-corrected chi connectivity index (χ0v) is 19.8. The van der Waals surface area contributed by atoms with Gasteiger partial charge in [-0.1, -0.05) is 72.8 Å². The average Bonchev–Trinajstić information content (AvgIpc) is 3.27. The smallest absolute Gasteiger partial charge is 0.123 e. The molecule has 0 radical (unpaired) electrons. The summed E-state index contributed by atoms with van der Waals surface area (Å²) in [6.45, 7) is 6.01. The van der Waals surface area contributed by atoms with Crippen molar-refractivity contribution in [2.24, 2.45) is 11.8 Å². The van der Waals surface area contributed by atoms with Crippen LogP contribution < -0.4 is 0 Å². The summed E-state index contributed by atoms with van der Waals surface area (Å²) >= 11 is 0. The van der Waals surface area contributed by atoms with Crippen molar-refractivity contribution in [3.63, 3.8) is 0 Å². The zero-order valence-electron chi connectivity index (χ0n) is 19.8. The van der Waals surface area contributed by atoms with Crippen LogP contribution in [-0.2, 0) is 6.54 Å². The van der Waals surface area contributed by atoms with Crippen molar-refractivity contribution < 1.29 is 9.50 Å². The first-order valence-corrected chi connectivity index (χ1v) is 12.6. The summed E-state index contributed by atoms with van der Waals surface area (Å²) in [5.41, 5.74) is 3.61. The van der Waals surface area contributed by atoms with Gasteiger partial charge in [0, 0.05) is 32.1 Å². The molecule has 0 amide bonds. The van der Waals surface area contributed by atoms with E-state index in [9.17, 15) is 9.50 Å². The summed E-state index contributed by atoms with van der Waals surface area (Å²) in [7, 11) is 0. The SMILES string of the molecule is OC(c1ccccc1)C1CN(Cc2ccccc2)CC1CN1CCC(c2ccc(F)cc2)CC1. The first-order chi connectivity index (χ1) is 16.7. The molecule has 2 aliphatic rings. The molecule has 3 nitrogen and oxygen atoms in total. The summed E-state index contributed by atoms with van der Waals surface area (Å²) in [6, 6.07) is 27.8. The van der Waals surface area contributed by atoms with E-state index in [1.807, 2.05) is 30.3 Å². The van der Waals surface area contributed by atoms with Crippen molar-refractivity contribution >= 4 is 0 Å². The number of benzene rings is 3. The van der Waals surface area contributed by atoms with Crippen molar-refractivity contribution in [3.8, 4) is 0 Å². The molecule has 0 saturated carbocycles. The van der Waals surface area contributed by atoms with E-state index in [1.165, 1.54) is 11.1 Å². The fourth-order valence-electron chi connectivity index (χ4n) is 5.92. The highest BCUT2D eigenvalue weighted by atomic mass is 19.1. The maximum atomic E-state index is 13.3. The van der Waals surface area contributed by atoms with Crippen molar-refractivity contribution in [1.82, 2.24) is 9.80 Å². The van der Waals surface area contributed by atoms with Crippen LogP contribution in [0.25, 0.3) is 0 Å². The lowest BCUT2D eigenvalue weighted by Crippen LogP contribution is -2.39. The molecule has 3 aromatic carbocycles. The topological polar surface area (TPSA) is 26.7 Å². The predicted octanol–water partition coefficient (Wildman–Crippen LogP) is 5.49. The molecule has 5 rings (SSSR count). The molecule has 2 heterocycles. The van der Waals surface area contributed by atoms with Gasteiger partial charge >= 0.3 is 0 Å². The van der Waals surface area contributed by atoms with Crippen LogP contribution in [-0.4, -0.2) is 47.6 Å². The molecule has 2 fully saturated rings. The Bertz CT molecular complexity index is 1020. The second-order valence-electron chi connectivity index (χ2n) is 10.1. The molecule has 3 atom stereocenters. The van der Waals surface area contributed by atoms with Crippen LogP contribution in [0, 0.1) is 17.7 Å². The standard InChI is InChI=1S/C30H35FN2O/c31-28-13-11-24(12-14-28)25-15-17-32(18-16-25)20-27-21-33(19-23-7-3-1-4-8-23)22-29(27)30(34)26-9-5-2-6-10-26/h1-14,25,27,29-30,34H,15-22H2. The number of likely N-dealkylation sites (tertiary alicyclic amines) is 2. The highest BCUT2D eigenvalue weighted by molar-refractivity contribution is 5.22. The van der Waals surface area contributed by atoms with Gasteiger partial charge in [0.25, 0.3) is 0 Å². The summed E-state index contributed by atoms with van der Waals surface area (Å²) < 4.78 is 13.3. The van der Waals surface area contributed by atoms with Crippen molar-refractivity contribution in [2.75, 3.05) is 32.7 Å². The number of nitrogens with zero attached hydrogens (tertiary/aromatic N) is 2. The van der Waals surface area contributed by atoms with Gasteiger partial charge in [-0.05, 0) is 66.6 Å². The molecule has 4 heteroatoms. The molecule has 0 bridgehead atoms. The molecule has 3 unspecified atom stereocenters. The van der Waals surface area contributed by atoms with Crippen LogP contribution in [0.5, 0.6) is 0 Å². The minimum absolute atomic E-state index is 0.162. The average molecular weight is 459 g/mol. The van der Waals surface area contributed by atoms with Crippen LogP contribution in [0.3, 0.4) is 0 Å². The van der Waals surface area contributed by atoms with E-state index in [0.717, 1.165) is 57.7 Å². The molecular weight excluding hydrogens is 423 g/mol. The summed E-state index contributed by atoms with van der Waals surface area (Å²) in [4.78, 5) is 5.10. The van der Waals surface area contributed by atoms with Crippen molar-refractivity contribution in [2.45, 2.75) is 31.4 Å². The Morgan fingerprint density at radius 2 is 1.44 bits per heavy atom. The van der Waals surface area contributed by atoms with Gasteiger partial charge in [0.2, 0.25) is 0 Å². The third-order valence-electron chi connectivity index (χ3n) is 7.78. The number of aliphatic hydroxyl groups excluding tert-OH is 1. The van der Waals surface area contributed by atoms with Crippen molar-refractivity contribution in [3.05, 3.63) is 107 Å². The van der Waals surface area contributed by atoms with Crippen LogP contribution in [0.4, 0.5) is 4.39 Å². The Hall–Kier alpha value is -2.53. The van der Waals surface area contributed by atoms with Gasteiger partial charge in [-0.3, -0.25) is 4.90 Å². The highest BCUT2D eigenvalue weighted by Crippen LogP contribution is 2.37. The number of hydrogen-bond donors (Lipinski definition) is 1. The maximum Gasteiger partial charge on any atom is 0.123 e. The van der Waals surface area contributed by atoms with Gasteiger partial charge in [-0.25, -0.2) is 4.39 Å². The second-order valence-corrected chi connectivity index (χ2v) is 10.1. The number of piperidine rings is 1. The van der Waals surface area contributed by atoms with Crippen molar-refractivity contribution in [1.29, 1.82) is 0 Å². The Kier molecular flexibility index (Phi) is 7.39. The molecular formula is C30H35FN2O. The number of hydrogen-bond acceptors (Lipinski definition) is 3. The third-order valence-corrected chi connectivity index (χ3v) is 7.78. The molecule has 34 heavy (non-hydrogen) atoms. The number of rotatable bonds is 7. The van der Waals surface area contributed by atoms with E-state index < -0.39 is 6.10 Å². The summed E-state index contributed by atoms with van der Waals surface area (Å²) in [5, 5.41) is 11.3. The molecule has 3 aromatic rings. The van der Waals surface area contributed by atoms with E-state index in [-0.39, 0.29) is 11.7 Å². The quantitative estimate of drug-likeness (QED) is 0.507. The zero-order chi connectivity index (χ0) is 23.3. The second kappa shape index (κ2) is 10.8. The minimum atomic E-state index is -0.441. The van der Waals surface area contributed by atoms with E-state index in [0.29, 0.717) is 11.8 Å². The van der Waals surface area contributed by atoms with Crippen LogP contribution in [0.2, 0.25) is 0 Å². The number of aliphatic hydroxyl groups is 1. The lowest BCUT2D eigenvalue weighted by Gasteiger charge is -2.35. The lowest BCUT2D eigenvalue weighted by molar-refractivity contribution is 0.0737. The van der Waals surface area contributed by atoms with E-state index in [1.54, 1.807) is 12.1 Å². The van der Waals surface area contributed by atoms with Gasteiger partial charge in [0.15, 0.2) is 0 Å². The van der Waals surface area contributed by atoms with E-state index >= 15 is 0 Å². The van der Waals surface area contributed by atoms with Crippen LogP contribution in [0.1, 0.15) is 41.6 Å². The molecule has 0 spiro atoms. The first-order valence-electron chi connectivity index (χ1n) is 12.6. The molecule has 1 N–H and O–H groups in total.